The average Bonchev–Trinajstić information content (AvgIpc) is 3.09. The van der Waals surface area contributed by atoms with Crippen molar-refractivity contribution in [1.82, 2.24) is 26.2 Å². The number of urea groups is 1. The summed E-state index contributed by atoms with van der Waals surface area (Å²) < 4.78 is 4.43. The summed E-state index contributed by atoms with van der Waals surface area (Å²) in [5.74, 6) is 0.155. The highest BCUT2D eigenvalue weighted by atomic mass is 32.1. The molecule has 2 atom stereocenters. The first-order valence-corrected chi connectivity index (χ1v) is 18.0. The molecule has 0 saturated heterocycles. The van der Waals surface area contributed by atoms with Gasteiger partial charge in [0.05, 0.1) is 11.8 Å². The highest BCUT2D eigenvalue weighted by molar-refractivity contribution is 7.81. The first kappa shape index (κ1) is 51.3. The zero-order valence-electron chi connectivity index (χ0n) is 31.6. The number of carbonyl (C=O) groups excluding carboxylic acids is 6. The standard InChI is InChI=1S/C16H30N2O3S.C11H14N2O5.C4H10N2O.C4H10/c1-12(2)13(3)17-15(20)8-6-5-7-9-18(4)16(21)10-14(22)11-19;14-7-12-5-10(15)13-9-3-1-8(2-4-9)6-18-11(16)17;1-2-3-6-4(5)7;1-3-4-2/h11-14,22H,5-10H2,1-4H3,(H,17,20);1,3,7H,2,4-6H2,(H,12,14)(H,13,15)(H,16,17);2-3H2,1H3,(H3,5,6,7);3-4H2,1-2H3. The van der Waals surface area contributed by atoms with E-state index in [2.05, 4.69) is 66.3 Å². The Labute approximate surface area is 309 Å². The molecule has 0 aliphatic heterocycles. The zero-order valence-corrected chi connectivity index (χ0v) is 32.5. The number of nitrogens with one attached hydrogen (secondary N) is 4. The molecule has 0 fully saturated rings. The van der Waals surface area contributed by atoms with Gasteiger partial charge in [-0.2, -0.15) is 12.6 Å². The van der Waals surface area contributed by atoms with E-state index in [9.17, 15) is 33.6 Å². The number of aldehydes is 1. The van der Waals surface area contributed by atoms with Crippen LogP contribution in [0.15, 0.2) is 23.4 Å². The van der Waals surface area contributed by atoms with Gasteiger partial charge in [-0.15, -0.1) is 0 Å². The summed E-state index contributed by atoms with van der Waals surface area (Å²) in [5, 5.41) is 18.1. The number of carboxylic acid groups (broad SMARTS) is 1. The fourth-order valence-corrected chi connectivity index (χ4v) is 3.63. The maximum atomic E-state index is 11.7. The van der Waals surface area contributed by atoms with Crippen molar-refractivity contribution in [1.29, 1.82) is 0 Å². The van der Waals surface area contributed by atoms with Gasteiger partial charge in [0, 0.05) is 44.7 Å². The Morgan fingerprint density at radius 1 is 0.980 bits per heavy atom. The predicted octanol–water partition coefficient (Wildman–Crippen LogP) is 4.07. The molecule has 51 heavy (non-hydrogen) atoms. The third kappa shape index (κ3) is 35.5. The van der Waals surface area contributed by atoms with Crippen molar-refractivity contribution in [2.45, 2.75) is 117 Å². The number of nitrogens with two attached hydrogens (primary N) is 1. The second-order valence-electron chi connectivity index (χ2n) is 12.0. The van der Waals surface area contributed by atoms with E-state index in [4.69, 9.17) is 10.8 Å². The topological polar surface area (TPSA) is 226 Å². The molecular weight excluding hydrogens is 680 g/mol. The third-order valence-corrected chi connectivity index (χ3v) is 7.37. The second kappa shape index (κ2) is 34.4. The van der Waals surface area contributed by atoms with E-state index in [1.807, 2.05) is 13.8 Å². The molecule has 1 aliphatic carbocycles. The molecule has 0 aromatic heterocycles. The van der Waals surface area contributed by atoms with Gasteiger partial charge in [0.1, 0.15) is 12.9 Å². The number of thiol groups is 1. The van der Waals surface area contributed by atoms with Crippen molar-refractivity contribution in [2.75, 3.05) is 33.3 Å². The molecule has 1 aliphatic rings. The number of allylic oxidation sites excluding steroid dienone is 3. The van der Waals surface area contributed by atoms with E-state index in [1.165, 1.54) is 12.8 Å². The Kier molecular flexibility index (Phi) is 34.6. The van der Waals surface area contributed by atoms with E-state index in [1.54, 1.807) is 24.1 Å². The minimum atomic E-state index is -1.31. The number of hydrogen-bond acceptors (Lipinski definition) is 9. The van der Waals surface area contributed by atoms with E-state index in [0.717, 1.165) is 37.0 Å². The fraction of sp³-hybridized carbons (Fsp3) is 0.686. The molecule has 2 unspecified atom stereocenters. The van der Waals surface area contributed by atoms with E-state index < -0.39 is 17.4 Å². The maximum Gasteiger partial charge on any atom is 0.506 e. The number of primary amides is 1. The molecule has 0 bridgehead atoms. The first-order chi connectivity index (χ1) is 24.1. The number of rotatable bonds is 20. The van der Waals surface area contributed by atoms with Crippen LogP contribution in [-0.4, -0.2) is 97.2 Å². The van der Waals surface area contributed by atoms with Gasteiger partial charge < -0.3 is 46.5 Å². The van der Waals surface area contributed by atoms with Crippen molar-refractivity contribution in [3.63, 3.8) is 0 Å². The van der Waals surface area contributed by atoms with Gasteiger partial charge in [-0.3, -0.25) is 19.2 Å². The normalized spacial score (nSPS) is 12.5. The predicted molar refractivity (Wildman–Crippen MR) is 202 cm³/mol. The molecule has 0 saturated carbocycles. The third-order valence-electron chi connectivity index (χ3n) is 7.06. The summed E-state index contributed by atoms with van der Waals surface area (Å²) in [5.41, 5.74) is 6.31. The van der Waals surface area contributed by atoms with Crippen LogP contribution in [0.2, 0.25) is 0 Å². The van der Waals surface area contributed by atoms with Crippen LogP contribution < -0.4 is 27.0 Å². The lowest BCUT2D eigenvalue weighted by molar-refractivity contribution is -0.130. The van der Waals surface area contributed by atoms with Crippen LogP contribution in [0, 0.1) is 5.92 Å². The lowest BCUT2D eigenvalue weighted by Crippen LogP contribution is -2.35. The summed E-state index contributed by atoms with van der Waals surface area (Å²) in [4.78, 5) is 76.8. The van der Waals surface area contributed by atoms with Gasteiger partial charge in [0.15, 0.2) is 0 Å². The summed E-state index contributed by atoms with van der Waals surface area (Å²) >= 11 is 3.99. The molecule has 0 aromatic carbocycles. The number of hydrogen-bond donors (Lipinski definition) is 7. The lowest BCUT2D eigenvalue weighted by Gasteiger charge is -2.18. The number of carbonyl (C=O) groups is 7. The number of amides is 6. The van der Waals surface area contributed by atoms with Crippen LogP contribution >= 0.6 is 12.6 Å². The Balaban J connectivity index is -0.000000705. The molecule has 1 rings (SSSR count). The number of nitrogens with zero attached hydrogens (tertiary/aromatic N) is 1. The minimum absolute atomic E-state index is 0.0414. The Morgan fingerprint density at radius 2 is 1.63 bits per heavy atom. The molecule has 0 heterocycles. The Hall–Kier alpha value is -4.08. The Bertz CT molecular complexity index is 1080. The molecule has 0 aromatic rings. The molecular formula is C35H64N6O9S. The highest BCUT2D eigenvalue weighted by Gasteiger charge is 2.14. The molecule has 0 spiro atoms. The van der Waals surface area contributed by atoms with E-state index >= 15 is 0 Å². The summed E-state index contributed by atoms with van der Waals surface area (Å²) in [6.07, 6.45) is 11.3. The summed E-state index contributed by atoms with van der Waals surface area (Å²) in [6.45, 7) is 13.8. The quantitative estimate of drug-likeness (QED) is 0.0412. The van der Waals surface area contributed by atoms with Gasteiger partial charge in [0.2, 0.25) is 24.1 Å². The summed E-state index contributed by atoms with van der Waals surface area (Å²) in [7, 11) is 1.73. The SMILES string of the molecule is CC(C)C(C)NC(=O)CCCCCN(C)C(=O)CC(S)C=O.CCCC.CCCNC(N)=O.O=CNCC(=O)NC1=CC=C(COC(=O)O)CC1. The smallest absolute Gasteiger partial charge is 0.450 e. The second-order valence-corrected chi connectivity index (χ2v) is 12.7. The molecule has 6 amide bonds. The van der Waals surface area contributed by atoms with Crippen molar-refractivity contribution in [3.05, 3.63) is 23.4 Å². The van der Waals surface area contributed by atoms with Crippen LogP contribution in [0.4, 0.5) is 9.59 Å². The molecule has 7 N–H and O–H groups in total. The largest absolute Gasteiger partial charge is 0.506 e. The molecule has 16 heteroatoms. The number of ether oxygens (including phenoxy) is 1. The van der Waals surface area contributed by atoms with E-state index in [-0.39, 0.29) is 43.3 Å². The molecule has 294 valence electrons. The fourth-order valence-electron chi connectivity index (χ4n) is 3.48. The van der Waals surface area contributed by atoms with Crippen LogP contribution in [0.1, 0.15) is 106 Å². The van der Waals surface area contributed by atoms with Gasteiger partial charge in [-0.05, 0) is 56.6 Å². The van der Waals surface area contributed by atoms with Crippen molar-refractivity contribution in [2.24, 2.45) is 11.7 Å². The first-order valence-electron chi connectivity index (χ1n) is 17.5. The molecule has 15 nitrogen and oxygen atoms in total. The Morgan fingerprint density at radius 3 is 2.08 bits per heavy atom. The lowest BCUT2D eigenvalue weighted by atomic mass is 10.0. The number of unbranched alkanes of at least 4 members (excludes halogenated alkanes) is 3. The van der Waals surface area contributed by atoms with Crippen LogP contribution in [0.3, 0.4) is 0 Å². The average molecular weight is 745 g/mol. The van der Waals surface area contributed by atoms with Gasteiger partial charge >= 0.3 is 12.2 Å². The van der Waals surface area contributed by atoms with Crippen molar-refractivity contribution >= 4 is 55.2 Å². The maximum absolute atomic E-state index is 11.7. The molecule has 0 radical (unpaired) electrons. The van der Waals surface area contributed by atoms with Gasteiger partial charge in [-0.1, -0.05) is 60.0 Å². The summed E-state index contributed by atoms with van der Waals surface area (Å²) in [6, 6.07) is -0.245. The monoisotopic (exact) mass is 744 g/mol. The van der Waals surface area contributed by atoms with E-state index in [0.29, 0.717) is 51.0 Å². The van der Waals surface area contributed by atoms with Crippen LogP contribution in [0.5, 0.6) is 0 Å². The van der Waals surface area contributed by atoms with Gasteiger partial charge in [0.25, 0.3) is 0 Å². The van der Waals surface area contributed by atoms with Crippen molar-refractivity contribution < 1.29 is 43.4 Å². The minimum Gasteiger partial charge on any atom is -0.450 e. The van der Waals surface area contributed by atoms with Gasteiger partial charge in [-0.25, -0.2) is 9.59 Å². The van der Waals surface area contributed by atoms with Crippen LogP contribution in [0.25, 0.3) is 0 Å². The van der Waals surface area contributed by atoms with Crippen LogP contribution in [-0.2, 0) is 28.7 Å². The van der Waals surface area contributed by atoms with Crippen molar-refractivity contribution in [3.8, 4) is 0 Å². The zero-order chi connectivity index (χ0) is 39.6. The highest BCUT2D eigenvalue weighted by Crippen LogP contribution is 2.16.